The van der Waals surface area contributed by atoms with Gasteiger partial charge in [0.05, 0.1) is 0 Å². The fraction of sp³-hybridized carbons (Fsp3) is 0.286. The maximum atomic E-state index is 13.0. The largest absolute Gasteiger partial charge is 0.424 e. The third kappa shape index (κ3) is 3.26. The van der Waals surface area contributed by atoms with Gasteiger partial charge >= 0.3 is 6.01 Å². The Morgan fingerprint density at radius 1 is 1.32 bits per heavy atom. The van der Waals surface area contributed by atoms with Gasteiger partial charge in [-0.25, -0.2) is 9.37 Å². The Bertz CT molecular complexity index is 587. The lowest BCUT2D eigenvalue weighted by molar-refractivity contribution is 0.434. The molecule has 2 aromatic rings. The van der Waals surface area contributed by atoms with Crippen molar-refractivity contribution in [3.8, 4) is 11.8 Å². The average molecular weight is 261 g/mol. The SMILES string of the molecule is CNCc1cnc(Oc2ccc(F)cc2C)nc1C. The molecule has 0 bridgehead atoms. The maximum Gasteiger partial charge on any atom is 0.322 e. The number of hydrogen-bond donors (Lipinski definition) is 1. The molecule has 2 rings (SSSR count). The molecule has 0 saturated heterocycles. The minimum absolute atomic E-state index is 0.270. The molecule has 1 heterocycles. The zero-order valence-electron chi connectivity index (χ0n) is 11.2. The lowest BCUT2D eigenvalue weighted by atomic mass is 10.2. The first kappa shape index (κ1) is 13.4. The molecule has 0 aliphatic carbocycles. The number of aromatic nitrogens is 2. The van der Waals surface area contributed by atoms with Gasteiger partial charge in [-0.1, -0.05) is 0 Å². The first-order valence-corrected chi connectivity index (χ1v) is 6.01. The quantitative estimate of drug-likeness (QED) is 0.919. The lowest BCUT2D eigenvalue weighted by Crippen LogP contribution is -2.08. The van der Waals surface area contributed by atoms with Crippen LogP contribution in [-0.2, 0) is 6.54 Å². The van der Waals surface area contributed by atoms with Crippen molar-refractivity contribution in [1.29, 1.82) is 0 Å². The van der Waals surface area contributed by atoms with Crippen LogP contribution in [0.15, 0.2) is 24.4 Å². The summed E-state index contributed by atoms with van der Waals surface area (Å²) in [6.07, 6.45) is 1.73. The zero-order chi connectivity index (χ0) is 13.8. The lowest BCUT2D eigenvalue weighted by Gasteiger charge is -2.09. The van der Waals surface area contributed by atoms with Crippen LogP contribution >= 0.6 is 0 Å². The van der Waals surface area contributed by atoms with Crippen LogP contribution in [0.2, 0.25) is 0 Å². The molecule has 19 heavy (non-hydrogen) atoms. The summed E-state index contributed by atoms with van der Waals surface area (Å²) in [5.41, 5.74) is 2.59. The third-order valence-corrected chi connectivity index (χ3v) is 2.76. The van der Waals surface area contributed by atoms with Gasteiger partial charge in [0, 0.05) is 24.0 Å². The smallest absolute Gasteiger partial charge is 0.322 e. The van der Waals surface area contributed by atoms with E-state index < -0.39 is 0 Å². The molecule has 1 N–H and O–H groups in total. The molecule has 0 amide bonds. The van der Waals surface area contributed by atoms with Crippen LogP contribution in [0.25, 0.3) is 0 Å². The van der Waals surface area contributed by atoms with Gasteiger partial charge in [0.2, 0.25) is 0 Å². The summed E-state index contributed by atoms with van der Waals surface area (Å²) in [6.45, 7) is 4.39. The third-order valence-electron chi connectivity index (χ3n) is 2.76. The summed E-state index contributed by atoms with van der Waals surface area (Å²) in [5, 5.41) is 3.05. The van der Waals surface area contributed by atoms with Crippen molar-refractivity contribution < 1.29 is 9.13 Å². The number of halogens is 1. The highest BCUT2D eigenvalue weighted by Gasteiger charge is 2.07. The van der Waals surface area contributed by atoms with Gasteiger partial charge in [-0.2, -0.15) is 4.98 Å². The molecule has 0 aliphatic rings. The van der Waals surface area contributed by atoms with Gasteiger partial charge < -0.3 is 10.1 Å². The Labute approximate surface area is 111 Å². The molecule has 0 radical (unpaired) electrons. The van der Waals surface area contributed by atoms with E-state index in [0.717, 1.165) is 11.3 Å². The Morgan fingerprint density at radius 3 is 2.74 bits per heavy atom. The van der Waals surface area contributed by atoms with Crippen molar-refractivity contribution in [1.82, 2.24) is 15.3 Å². The molecule has 0 saturated carbocycles. The Kier molecular flexibility index (Phi) is 4.06. The predicted octanol–water partition coefficient (Wildman–Crippen LogP) is 2.74. The monoisotopic (exact) mass is 261 g/mol. The second kappa shape index (κ2) is 5.75. The Morgan fingerprint density at radius 2 is 2.11 bits per heavy atom. The Hall–Kier alpha value is -2.01. The first-order valence-electron chi connectivity index (χ1n) is 6.01. The fourth-order valence-corrected chi connectivity index (χ4v) is 1.71. The predicted molar refractivity (Wildman–Crippen MR) is 70.7 cm³/mol. The standard InChI is InChI=1S/C14H16FN3O/c1-9-6-12(15)4-5-13(9)19-14-17-8-11(7-16-3)10(2)18-14/h4-6,8,16H,7H2,1-3H3. The summed E-state index contributed by atoms with van der Waals surface area (Å²) in [6, 6.07) is 4.61. The summed E-state index contributed by atoms with van der Waals surface area (Å²) < 4.78 is 18.6. The number of benzene rings is 1. The van der Waals surface area contributed by atoms with E-state index in [1.54, 1.807) is 19.2 Å². The number of aryl methyl sites for hydroxylation is 2. The van der Waals surface area contributed by atoms with Gasteiger partial charge in [-0.05, 0) is 44.7 Å². The van der Waals surface area contributed by atoms with Crippen LogP contribution in [0.1, 0.15) is 16.8 Å². The van der Waals surface area contributed by atoms with E-state index in [1.807, 2.05) is 14.0 Å². The van der Waals surface area contributed by atoms with Crippen LogP contribution < -0.4 is 10.1 Å². The summed E-state index contributed by atoms with van der Waals surface area (Å²) in [7, 11) is 1.87. The molecule has 0 atom stereocenters. The van der Waals surface area contributed by atoms with E-state index >= 15 is 0 Å². The molecule has 0 fully saturated rings. The van der Waals surface area contributed by atoms with E-state index in [1.165, 1.54) is 12.1 Å². The topological polar surface area (TPSA) is 47.0 Å². The van der Waals surface area contributed by atoms with Gasteiger partial charge in [0.25, 0.3) is 0 Å². The number of nitrogens with zero attached hydrogens (tertiary/aromatic N) is 2. The Balaban J connectivity index is 2.21. The fourth-order valence-electron chi connectivity index (χ4n) is 1.71. The first-order chi connectivity index (χ1) is 9.10. The van der Waals surface area contributed by atoms with E-state index in [-0.39, 0.29) is 11.8 Å². The summed E-state index contributed by atoms with van der Waals surface area (Å²) >= 11 is 0. The van der Waals surface area contributed by atoms with Crippen LogP contribution in [-0.4, -0.2) is 17.0 Å². The molecule has 100 valence electrons. The summed E-state index contributed by atoms with van der Waals surface area (Å²) in [5.74, 6) is 0.272. The number of nitrogens with one attached hydrogen (secondary N) is 1. The molecular weight excluding hydrogens is 245 g/mol. The number of hydrogen-bond acceptors (Lipinski definition) is 4. The van der Waals surface area contributed by atoms with Crippen molar-refractivity contribution in [3.63, 3.8) is 0 Å². The van der Waals surface area contributed by atoms with E-state index in [4.69, 9.17) is 4.74 Å². The molecular formula is C14H16FN3O. The van der Waals surface area contributed by atoms with Gasteiger partial charge in [0.15, 0.2) is 0 Å². The van der Waals surface area contributed by atoms with E-state index in [0.29, 0.717) is 17.9 Å². The van der Waals surface area contributed by atoms with Crippen molar-refractivity contribution in [2.75, 3.05) is 7.05 Å². The maximum absolute atomic E-state index is 13.0. The molecule has 0 unspecified atom stereocenters. The highest BCUT2D eigenvalue weighted by molar-refractivity contribution is 5.34. The minimum atomic E-state index is -0.286. The number of ether oxygens (including phenoxy) is 1. The normalized spacial score (nSPS) is 10.5. The second-order valence-electron chi connectivity index (χ2n) is 4.31. The molecule has 0 aliphatic heterocycles. The van der Waals surface area contributed by atoms with Crippen molar-refractivity contribution in [3.05, 3.63) is 47.0 Å². The van der Waals surface area contributed by atoms with Crippen molar-refractivity contribution in [2.24, 2.45) is 0 Å². The average Bonchev–Trinajstić information content (AvgIpc) is 2.36. The molecule has 1 aromatic heterocycles. The molecule has 1 aromatic carbocycles. The minimum Gasteiger partial charge on any atom is -0.424 e. The molecule has 4 nitrogen and oxygen atoms in total. The summed E-state index contributed by atoms with van der Waals surface area (Å²) in [4.78, 5) is 8.43. The van der Waals surface area contributed by atoms with E-state index in [9.17, 15) is 4.39 Å². The van der Waals surface area contributed by atoms with E-state index in [2.05, 4.69) is 15.3 Å². The van der Waals surface area contributed by atoms with Crippen LogP contribution in [0.4, 0.5) is 4.39 Å². The second-order valence-corrected chi connectivity index (χ2v) is 4.31. The van der Waals surface area contributed by atoms with Gasteiger partial charge in [-0.15, -0.1) is 0 Å². The van der Waals surface area contributed by atoms with Crippen molar-refractivity contribution >= 4 is 0 Å². The zero-order valence-corrected chi connectivity index (χ0v) is 11.2. The van der Waals surface area contributed by atoms with Crippen LogP contribution in [0.3, 0.4) is 0 Å². The van der Waals surface area contributed by atoms with Crippen LogP contribution in [0.5, 0.6) is 11.8 Å². The highest BCUT2D eigenvalue weighted by Crippen LogP contribution is 2.23. The van der Waals surface area contributed by atoms with Gasteiger partial charge in [0.1, 0.15) is 11.6 Å². The highest BCUT2D eigenvalue weighted by atomic mass is 19.1. The number of rotatable bonds is 4. The van der Waals surface area contributed by atoms with Crippen LogP contribution in [0, 0.1) is 19.7 Å². The molecule has 0 spiro atoms. The van der Waals surface area contributed by atoms with Gasteiger partial charge in [-0.3, -0.25) is 0 Å². The van der Waals surface area contributed by atoms with Crippen molar-refractivity contribution in [2.45, 2.75) is 20.4 Å². The molecule has 5 heteroatoms.